The Hall–Kier alpha value is -2.47. The summed E-state index contributed by atoms with van der Waals surface area (Å²) in [5.74, 6) is 0.645. The van der Waals surface area contributed by atoms with Gasteiger partial charge in [0.25, 0.3) is 5.91 Å². The third-order valence-electron chi connectivity index (χ3n) is 4.19. The Labute approximate surface area is 141 Å². The molecular formula is C18H21N3O3. The van der Waals surface area contributed by atoms with Gasteiger partial charge in [0.05, 0.1) is 6.54 Å². The quantitative estimate of drug-likeness (QED) is 0.927. The molecule has 0 radical (unpaired) electrons. The second-order valence-corrected chi connectivity index (χ2v) is 6.18. The highest BCUT2D eigenvalue weighted by Gasteiger charge is 2.37. The molecule has 0 bridgehead atoms. The highest BCUT2D eigenvalue weighted by molar-refractivity contribution is 5.90. The average molecular weight is 327 g/mol. The number of rotatable bonds is 4. The zero-order chi connectivity index (χ0) is 17.0. The van der Waals surface area contributed by atoms with Crippen molar-refractivity contribution in [2.75, 3.05) is 19.7 Å². The Balaban J connectivity index is 1.66. The van der Waals surface area contributed by atoms with Crippen LogP contribution in [0.5, 0.6) is 5.75 Å². The van der Waals surface area contributed by atoms with E-state index in [4.69, 9.17) is 4.74 Å². The van der Waals surface area contributed by atoms with Crippen molar-refractivity contribution in [3.05, 3.63) is 54.1 Å². The summed E-state index contributed by atoms with van der Waals surface area (Å²) in [6.45, 7) is 2.92. The van der Waals surface area contributed by atoms with Crippen LogP contribution in [0.4, 0.5) is 0 Å². The number of nitrogens with zero attached hydrogens (tertiary/aromatic N) is 3. The first-order valence-corrected chi connectivity index (χ1v) is 8.04. The minimum Gasteiger partial charge on any atom is -0.490 e. The van der Waals surface area contributed by atoms with Gasteiger partial charge < -0.3 is 14.7 Å². The van der Waals surface area contributed by atoms with E-state index in [0.29, 0.717) is 19.4 Å². The highest BCUT2D eigenvalue weighted by atomic mass is 16.5. The van der Waals surface area contributed by atoms with Gasteiger partial charge >= 0.3 is 0 Å². The largest absolute Gasteiger partial charge is 0.490 e. The molecule has 2 heterocycles. The van der Waals surface area contributed by atoms with E-state index in [-0.39, 0.29) is 24.9 Å². The van der Waals surface area contributed by atoms with E-state index < -0.39 is 5.60 Å². The fourth-order valence-electron chi connectivity index (χ4n) is 2.88. The number of carbonyl (C=O) groups is 1. The number of aliphatic hydroxyl groups is 1. The van der Waals surface area contributed by atoms with Crippen molar-refractivity contribution in [3.8, 4) is 5.75 Å². The summed E-state index contributed by atoms with van der Waals surface area (Å²) in [4.78, 5) is 22.0. The molecule has 1 aliphatic rings. The van der Waals surface area contributed by atoms with Crippen LogP contribution < -0.4 is 4.74 Å². The van der Waals surface area contributed by atoms with Crippen LogP contribution in [0.2, 0.25) is 0 Å². The van der Waals surface area contributed by atoms with Crippen LogP contribution in [0, 0.1) is 6.92 Å². The highest BCUT2D eigenvalue weighted by Crippen LogP contribution is 2.25. The summed E-state index contributed by atoms with van der Waals surface area (Å²) in [7, 11) is 0. The second-order valence-electron chi connectivity index (χ2n) is 6.18. The van der Waals surface area contributed by atoms with Gasteiger partial charge in [-0.1, -0.05) is 18.2 Å². The summed E-state index contributed by atoms with van der Waals surface area (Å²) in [5.41, 5.74) is -0.0483. The first-order chi connectivity index (χ1) is 11.6. The fourth-order valence-corrected chi connectivity index (χ4v) is 2.88. The lowest BCUT2D eigenvalue weighted by Gasteiger charge is -2.38. The Morgan fingerprint density at radius 3 is 2.79 bits per heavy atom. The van der Waals surface area contributed by atoms with Crippen molar-refractivity contribution >= 4 is 5.91 Å². The normalized spacial score (nSPS) is 20.7. The molecule has 2 aromatic rings. The van der Waals surface area contributed by atoms with Gasteiger partial charge in [-0.15, -0.1) is 0 Å². The van der Waals surface area contributed by atoms with Crippen LogP contribution in [0.25, 0.3) is 0 Å². The summed E-state index contributed by atoms with van der Waals surface area (Å²) in [6.07, 6.45) is 4.39. The zero-order valence-electron chi connectivity index (χ0n) is 13.7. The maximum Gasteiger partial charge on any atom is 0.291 e. The molecule has 1 aromatic heterocycles. The number of amides is 1. The van der Waals surface area contributed by atoms with Crippen LogP contribution in [0.15, 0.2) is 42.7 Å². The molecule has 1 N–H and O–H groups in total. The number of aromatic nitrogens is 2. The predicted octanol–water partition coefficient (Wildman–Crippen LogP) is 1.83. The Morgan fingerprint density at radius 2 is 2.04 bits per heavy atom. The molecule has 0 unspecified atom stereocenters. The molecule has 0 spiro atoms. The molecule has 0 saturated carbocycles. The maximum atomic E-state index is 12.5. The van der Waals surface area contributed by atoms with E-state index >= 15 is 0 Å². The number of likely N-dealkylation sites (tertiary alicyclic amines) is 1. The standard InChI is InChI=1S/C18H21N3O3/c1-14-6-2-3-7-15(14)24-13-18(23)8-4-11-21(12-18)17(22)16-19-9-5-10-20-16/h2-3,5-7,9-10,23H,4,8,11-13H2,1H3/t18-/m1/s1. The van der Waals surface area contributed by atoms with Crippen LogP contribution in [0.3, 0.4) is 0 Å². The van der Waals surface area contributed by atoms with Gasteiger partial charge in [-0.2, -0.15) is 0 Å². The molecule has 1 fully saturated rings. The van der Waals surface area contributed by atoms with Crippen LogP contribution in [0.1, 0.15) is 29.0 Å². The molecule has 1 aliphatic heterocycles. The average Bonchev–Trinajstić information content (AvgIpc) is 2.61. The number of β-amino-alcohol motifs (C(OH)–C–C–N with tert-alkyl or cyclic N) is 1. The maximum absolute atomic E-state index is 12.5. The first-order valence-electron chi connectivity index (χ1n) is 8.04. The van der Waals surface area contributed by atoms with Crippen LogP contribution in [-0.4, -0.2) is 51.2 Å². The number of piperidine rings is 1. The van der Waals surface area contributed by atoms with Gasteiger partial charge in [-0.05, 0) is 37.5 Å². The van der Waals surface area contributed by atoms with Crippen molar-refractivity contribution in [3.63, 3.8) is 0 Å². The van der Waals surface area contributed by atoms with Gasteiger partial charge in [-0.25, -0.2) is 9.97 Å². The smallest absolute Gasteiger partial charge is 0.291 e. The SMILES string of the molecule is Cc1ccccc1OC[C@@]1(O)CCCN(C(=O)c2ncccn2)C1. The van der Waals surface area contributed by atoms with Crippen LogP contribution in [-0.2, 0) is 0 Å². The summed E-state index contributed by atoms with van der Waals surface area (Å²) in [5, 5.41) is 10.8. The van der Waals surface area contributed by atoms with Gasteiger partial charge in [0, 0.05) is 18.9 Å². The van der Waals surface area contributed by atoms with Crippen molar-refractivity contribution in [2.24, 2.45) is 0 Å². The monoisotopic (exact) mass is 327 g/mol. The molecule has 1 saturated heterocycles. The molecule has 0 aliphatic carbocycles. The molecular weight excluding hydrogens is 306 g/mol. The summed E-state index contributed by atoms with van der Waals surface area (Å²) < 4.78 is 5.79. The Morgan fingerprint density at radius 1 is 1.29 bits per heavy atom. The third kappa shape index (κ3) is 3.71. The molecule has 126 valence electrons. The molecule has 1 atom stereocenters. The number of aryl methyl sites for hydroxylation is 1. The molecule has 24 heavy (non-hydrogen) atoms. The Bertz CT molecular complexity index is 708. The number of ether oxygens (including phenoxy) is 1. The number of para-hydroxylation sites is 1. The lowest BCUT2D eigenvalue weighted by molar-refractivity contribution is -0.0535. The number of hydrogen-bond acceptors (Lipinski definition) is 5. The molecule has 1 aromatic carbocycles. The van der Waals surface area contributed by atoms with Gasteiger partial charge in [0.2, 0.25) is 5.82 Å². The number of benzene rings is 1. The summed E-state index contributed by atoms with van der Waals surface area (Å²) >= 11 is 0. The van der Waals surface area contributed by atoms with E-state index in [1.807, 2.05) is 31.2 Å². The van der Waals surface area contributed by atoms with Crippen molar-refractivity contribution in [2.45, 2.75) is 25.4 Å². The van der Waals surface area contributed by atoms with Gasteiger partial charge in [0.1, 0.15) is 18.0 Å². The van der Waals surface area contributed by atoms with Crippen LogP contribution >= 0.6 is 0 Å². The van der Waals surface area contributed by atoms with E-state index in [1.165, 1.54) is 12.4 Å². The van der Waals surface area contributed by atoms with E-state index in [1.54, 1.807) is 11.0 Å². The topological polar surface area (TPSA) is 75.6 Å². The summed E-state index contributed by atoms with van der Waals surface area (Å²) in [6, 6.07) is 9.35. The van der Waals surface area contributed by atoms with Crippen molar-refractivity contribution < 1.29 is 14.6 Å². The number of carbonyl (C=O) groups excluding carboxylic acids is 1. The van der Waals surface area contributed by atoms with Crippen molar-refractivity contribution in [1.82, 2.24) is 14.9 Å². The fraction of sp³-hybridized carbons (Fsp3) is 0.389. The minimum absolute atomic E-state index is 0.150. The van der Waals surface area contributed by atoms with Gasteiger partial charge in [0.15, 0.2) is 0 Å². The lowest BCUT2D eigenvalue weighted by atomic mass is 9.93. The van der Waals surface area contributed by atoms with E-state index in [2.05, 4.69) is 9.97 Å². The third-order valence-corrected chi connectivity index (χ3v) is 4.19. The van der Waals surface area contributed by atoms with Gasteiger partial charge in [-0.3, -0.25) is 4.79 Å². The predicted molar refractivity (Wildman–Crippen MR) is 88.8 cm³/mol. The first kappa shape index (κ1) is 16.4. The lowest BCUT2D eigenvalue weighted by Crippen LogP contribution is -2.53. The molecule has 6 heteroatoms. The molecule has 1 amide bonds. The zero-order valence-corrected chi connectivity index (χ0v) is 13.7. The van der Waals surface area contributed by atoms with E-state index in [9.17, 15) is 9.90 Å². The van der Waals surface area contributed by atoms with E-state index in [0.717, 1.165) is 11.3 Å². The number of hydrogen-bond donors (Lipinski definition) is 1. The molecule has 6 nitrogen and oxygen atoms in total. The Kier molecular flexibility index (Phi) is 4.76. The second kappa shape index (κ2) is 6.97. The minimum atomic E-state index is -1.06. The molecule has 3 rings (SSSR count). The van der Waals surface area contributed by atoms with Crippen molar-refractivity contribution in [1.29, 1.82) is 0 Å².